The quantitative estimate of drug-likeness (QED) is 0.313. The monoisotopic (exact) mass is 520 g/mol. The molecule has 190 valence electrons. The Morgan fingerprint density at radius 3 is 2.43 bits per heavy atom. The van der Waals surface area contributed by atoms with Gasteiger partial charge in [-0.2, -0.15) is 0 Å². The Bertz CT molecular complexity index is 1510. The molecule has 9 nitrogen and oxygen atoms in total. The van der Waals surface area contributed by atoms with Gasteiger partial charge in [-0.25, -0.2) is 4.98 Å². The topological polar surface area (TPSA) is 111 Å². The van der Waals surface area contributed by atoms with Crippen molar-refractivity contribution in [2.45, 2.75) is 19.4 Å². The van der Waals surface area contributed by atoms with Crippen LogP contribution < -0.4 is 19.1 Å². The molecule has 1 aliphatic rings. The summed E-state index contributed by atoms with van der Waals surface area (Å²) in [7, 11) is 4.42. The summed E-state index contributed by atoms with van der Waals surface area (Å²) in [5, 5.41) is 11.4. The Morgan fingerprint density at radius 1 is 1.11 bits per heavy atom. The molecule has 1 atom stereocenters. The predicted octanol–water partition coefficient (Wildman–Crippen LogP) is 5.26. The number of thiazole rings is 1. The van der Waals surface area contributed by atoms with E-state index in [2.05, 4.69) is 11.9 Å². The van der Waals surface area contributed by atoms with Gasteiger partial charge in [0.25, 0.3) is 5.91 Å². The van der Waals surface area contributed by atoms with Crippen molar-refractivity contribution in [1.82, 2.24) is 4.98 Å². The number of fused-ring (bicyclic) bond motifs is 1. The van der Waals surface area contributed by atoms with Gasteiger partial charge in [0, 0.05) is 0 Å². The molecule has 0 saturated carbocycles. The molecule has 37 heavy (non-hydrogen) atoms. The number of benzene rings is 2. The summed E-state index contributed by atoms with van der Waals surface area (Å²) in [6.07, 6.45) is 2.21. The SMILES string of the molecule is CCc1ccc2nc(N3C(=O)C(O)=C(C(=O)c4ccco4)[C@@H]3c3cc(OC)c(OC)c(OC)c3)sc2c1. The van der Waals surface area contributed by atoms with E-state index < -0.39 is 23.5 Å². The van der Waals surface area contributed by atoms with Gasteiger partial charge in [-0.1, -0.05) is 24.3 Å². The molecule has 5 rings (SSSR count). The van der Waals surface area contributed by atoms with E-state index in [0.29, 0.717) is 33.5 Å². The van der Waals surface area contributed by atoms with Crippen LogP contribution in [0.3, 0.4) is 0 Å². The number of anilines is 1. The first-order chi connectivity index (χ1) is 17.9. The number of aliphatic hydroxyl groups excluding tert-OH is 1. The molecule has 4 aromatic rings. The number of rotatable bonds is 8. The van der Waals surface area contributed by atoms with E-state index in [0.717, 1.165) is 16.7 Å². The zero-order valence-corrected chi connectivity index (χ0v) is 21.4. The Morgan fingerprint density at radius 2 is 1.84 bits per heavy atom. The lowest BCUT2D eigenvalue weighted by Gasteiger charge is -2.25. The summed E-state index contributed by atoms with van der Waals surface area (Å²) >= 11 is 1.30. The van der Waals surface area contributed by atoms with Crippen LogP contribution >= 0.6 is 11.3 Å². The summed E-state index contributed by atoms with van der Waals surface area (Å²) in [5.74, 6) is -1.03. The fourth-order valence-electron chi connectivity index (χ4n) is 4.43. The molecule has 3 heterocycles. The average Bonchev–Trinajstić information content (AvgIpc) is 3.65. The van der Waals surface area contributed by atoms with Crippen LogP contribution in [0.5, 0.6) is 17.2 Å². The zero-order valence-electron chi connectivity index (χ0n) is 20.6. The van der Waals surface area contributed by atoms with Crippen molar-refractivity contribution >= 4 is 38.4 Å². The minimum Gasteiger partial charge on any atom is -0.503 e. The molecule has 1 N–H and O–H groups in total. The highest BCUT2D eigenvalue weighted by atomic mass is 32.1. The van der Waals surface area contributed by atoms with Crippen molar-refractivity contribution in [3.05, 3.63) is 76.9 Å². The molecule has 2 aromatic carbocycles. The molecule has 0 bridgehead atoms. The maximum Gasteiger partial charge on any atom is 0.296 e. The van der Waals surface area contributed by atoms with Crippen LogP contribution in [-0.2, 0) is 11.2 Å². The van der Waals surface area contributed by atoms with Gasteiger partial charge in [0.2, 0.25) is 11.5 Å². The Hall–Kier alpha value is -4.31. The third-order valence-corrected chi connectivity index (χ3v) is 7.27. The lowest BCUT2D eigenvalue weighted by Crippen LogP contribution is -2.31. The Kier molecular flexibility index (Phi) is 6.34. The lowest BCUT2D eigenvalue weighted by molar-refractivity contribution is -0.117. The lowest BCUT2D eigenvalue weighted by atomic mass is 9.94. The second-order valence-electron chi connectivity index (χ2n) is 8.26. The normalized spacial score (nSPS) is 15.5. The molecule has 1 amide bonds. The number of furan rings is 1. The van der Waals surface area contributed by atoms with E-state index in [4.69, 9.17) is 18.6 Å². The first-order valence-corrected chi connectivity index (χ1v) is 12.3. The summed E-state index contributed by atoms with van der Waals surface area (Å²) < 4.78 is 22.7. The van der Waals surface area contributed by atoms with Gasteiger partial charge in [0.1, 0.15) is 0 Å². The van der Waals surface area contributed by atoms with E-state index >= 15 is 0 Å². The number of Topliss-reactive ketones (excluding diaryl/α,β-unsaturated/α-hetero) is 1. The molecule has 0 fully saturated rings. The second kappa shape index (κ2) is 9.62. The summed E-state index contributed by atoms with van der Waals surface area (Å²) in [6.45, 7) is 2.06. The molecule has 2 aromatic heterocycles. The van der Waals surface area contributed by atoms with E-state index in [1.54, 1.807) is 18.2 Å². The van der Waals surface area contributed by atoms with E-state index in [1.807, 2.05) is 18.2 Å². The first-order valence-electron chi connectivity index (χ1n) is 11.5. The molecule has 0 aliphatic carbocycles. The largest absolute Gasteiger partial charge is 0.503 e. The number of carbonyl (C=O) groups excluding carboxylic acids is 2. The van der Waals surface area contributed by atoms with Gasteiger partial charge >= 0.3 is 0 Å². The van der Waals surface area contributed by atoms with Crippen molar-refractivity contribution < 1.29 is 33.3 Å². The first kappa shape index (κ1) is 24.4. The smallest absolute Gasteiger partial charge is 0.296 e. The molecule has 0 spiro atoms. The van der Waals surface area contributed by atoms with Crippen molar-refractivity contribution in [3.8, 4) is 17.2 Å². The van der Waals surface area contributed by atoms with Crippen molar-refractivity contribution in [2.24, 2.45) is 0 Å². The third kappa shape index (κ3) is 3.99. The number of methoxy groups -OCH3 is 3. The molecule has 10 heteroatoms. The number of aryl methyl sites for hydroxylation is 1. The number of aliphatic hydroxyl groups is 1. The van der Waals surface area contributed by atoms with Crippen LogP contribution in [0.4, 0.5) is 5.13 Å². The standard InChI is InChI=1S/C27H24N2O7S/c1-5-14-8-9-16-20(11-14)37-27(28-16)29-22(15-12-18(33-2)25(35-4)19(13-15)34-3)21(24(31)26(29)32)23(30)17-7-6-10-36-17/h6-13,22,31H,5H2,1-4H3/t22-/m0/s1. The maximum atomic E-state index is 13.5. The molecule has 0 radical (unpaired) electrons. The van der Waals surface area contributed by atoms with Crippen LogP contribution in [0.25, 0.3) is 10.2 Å². The highest BCUT2D eigenvalue weighted by molar-refractivity contribution is 7.22. The van der Waals surface area contributed by atoms with Gasteiger partial charge in [0.15, 0.2) is 28.1 Å². The summed E-state index contributed by atoms with van der Waals surface area (Å²) in [5.41, 5.74) is 2.16. The van der Waals surface area contributed by atoms with Gasteiger partial charge in [-0.15, -0.1) is 0 Å². The van der Waals surface area contributed by atoms with Crippen LogP contribution in [0.1, 0.15) is 34.6 Å². The molecule has 0 saturated heterocycles. The molecule has 1 aliphatic heterocycles. The van der Waals surface area contributed by atoms with Gasteiger partial charge in [0.05, 0.1) is 49.4 Å². The molecular weight excluding hydrogens is 496 g/mol. The number of hydrogen-bond acceptors (Lipinski definition) is 9. The highest BCUT2D eigenvalue weighted by Crippen LogP contribution is 2.48. The van der Waals surface area contributed by atoms with Gasteiger partial charge in [-0.05, 0) is 53.9 Å². The number of aromatic nitrogens is 1. The van der Waals surface area contributed by atoms with Gasteiger partial charge < -0.3 is 23.7 Å². The maximum absolute atomic E-state index is 13.5. The van der Waals surface area contributed by atoms with Crippen molar-refractivity contribution in [2.75, 3.05) is 26.2 Å². The fraction of sp³-hybridized carbons (Fsp3) is 0.222. The summed E-state index contributed by atoms with van der Waals surface area (Å²) in [4.78, 5) is 33.0. The van der Waals surface area contributed by atoms with E-state index in [9.17, 15) is 14.7 Å². The predicted molar refractivity (Wildman–Crippen MR) is 138 cm³/mol. The summed E-state index contributed by atoms with van der Waals surface area (Å²) in [6, 6.07) is 11.2. The zero-order chi connectivity index (χ0) is 26.3. The van der Waals surface area contributed by atoms with Gasteiger partial charge in [-0.3, -0.25) is 14.5 Å². The van der Waals surface area contributed by atoms with Crippen LogP contribution in [0.2, 0.25) is 0 Å². The average molecular weight is 521 g/mol. The van der Waals surface area contributed by atoms with Crippen LogP contribution in [-0.4, -0.2) is 43.1 Å². The number of amides is 1. The number of nitrogens with zero attached hydrogens (tertiary/aromatic N) is 2. The van der Waals surface area contributed by atoms with Crippen LogP contribution in [0, 0.1) is 0 Å². The highest BCUT2D eigenvalue weighted by Gasteiger charge is 2.47. The molecule has 0 unspecified atom stereocenters. The minimum atomic E-state index is -1.04. The van der Waals surface area contributed by atoms with E-state index in [-0.39, 0.29) is 11.3 Å². The second-order valence-corrected chi connectivity index (χ2v) is 9.27. The minimum absolute atomic E-state index is 0.00877. The Labute approximate surface area is 216 Å². The third-order valence-electron chi connectivity index (χ3n) is 6.26. The van der Waals surface area contributed by atoms with Crippen LogP contribution in [0.15, 0.2) is 64.5 Å². The number of ether oxygens (including phenoxy) is 3. The van der Waals surface area contributed by atoms with Crippen molar-refractivity contribution in [3.63, 3.8) is 0 Å². The number of hydrogen-bond donors (Lipinski definition) is 1. The van der Waals surface area contributed by atoms with E-state index in [1.165, 1.54) is 49.9 Å². The Balaban J connectivity index is 1.73. The number of carbonyl (C=O) groups is 2. The van der Waals surface area contributed by atoms with Crippen molar-refractivity contribution in [1.29, 1.82) is 0 Å². The number of ketones is 1. The fourth-order valence-corrected chi connectivity index (χ4v) is 5.49. The molecular formula is C27H24N2O7S.